The highest BCUT2D eigenvalue weighted by Crippen LogP contribution is 2.46. The largest absolute Gasteiger partial charge is 0.489 e. The van der Waals surface area contributed by atoms with Crippen molar-refractivity contribution in [3.05, 3.63) is 21.7 Å². The maximum absolute atomic E-state index is 12.2. The lowest BCUT2D eigenvalue weighted by atomic mass is 10.1. The number of nitro benzene ring substituents is 1. The molecule has 0 aliphatic heterocycles. The Balaban J connectivity index is 3.64. The van der Waals surface area contributed by atoms with Crippen LogP contribution < -0.4 is 14.2 Å². The van der Waals surface area contributed by atoms with Crippen LogP contribution in [0.25, 0.3) is 0 Å². The molecule has 25 heavy (non-hydrogen) atoms. The Hall–Kier alpha value is -2.51. The zero-order chi connectivity index (χ0) is 18.8. The molecule has 1 rings (SSSR count). The van der Waals surface area contributed by atoms with Gasteiger partial charge < -0.3 is 18.9 Å². The van der Waals surface area contributed by atoms with Gasteiger partial charge in [-0.15, -0.1) is 0 Å². The van der Waals surface area contributed by atoms with Crippen molar-refractivity contribution >= 4 is 11.7 Å². The summed E-state index contributed by atoms with van der Waals surface area (Å²) < 4.78 is 21.7. The van der Waals surface area contributed by atoms with Gasteiger partial charge in [-0.2, -0.15) is 0 Å². The van der Waals surface area contributed by atoms with Crippen molar-refractivity contribution in [2.75, 3.05) is 26.9 Å². The quantitative estimate of drug-likeness (QED) is 0.339. The third-order valence-electron chi connectivity index (χ3n) is 3.13. The molecular formula is C17H25NO7. The van der Waals surface area contributed by atoms with E-state index >= 15 is 0 Å². The zero-order valence-corrected chi connectivity index (χ0v) is 15.1. The Labute approximate surface area is 147 Å². The minimum Gasteiger partial charge on any atom is -0.489 e. The number of benzene rings is 1. The number of nitrogens with zero attached hydrogens (tertiary/aromatic N) is 1. The third-order valence-corrected chi connectivity index (χ3v) is 3.13. The molecule has 0 N–H and O–H groups in total. The molecule has 0 atom stereocenters. The van der Waals surface area contributed by atoms with Crippen LogP contribution in [-0.2, 0) is 4.74 Å². The average Bonchev–Trinajstić information content (AvgIpc) is 2.61. The topological polar surface area (TPSA) is 97.1 Å². The molecule has 8 heteroatoms. The molecule has 0 saturated heterocycles. The number of esters is 1. The Kier molecular flexibility index (Phi) is 8.52. The summed E-state index contributed by atoms with van der Waals surface area (Å²) in [6.45, 7) is 6.69. The summed E-state index contributed by atoms with van der Waals surface area (Å²) in [5, 5.41) is 11.5. The second kappa shape index (κ2) is 10.4. The van der Waals surface area contributed by atoms with E-state index in [9.17, 15) is 14.9 Å². The second-order valence-corrected chi connectivity index (χ2v) is 5.22. The first kappa shape index (κ1) is 20.5. The molecule has 0 fully saturated rings. The van der Waals surface area contributed by atoms with Gasteiger partial charge in [-0.05, 0) is 19.3 Å². The van der Waals surface area contributed by atoms with E-state index in [1.165, 1.54) is 6.07 Å². The van der Waals surface area contributed by atoms with Crippen molar-refractivity contribution in [3.63, 3.8) is 0 Å². The minimum atomic E-state index is -0.860. The molecule has 140 valence electrons. The van der Waals surface area contributed by atoms with Gasteiger partial charge >= 0.3 is 5.97 Å². The van der Waals surface area contributed by atoms with Crippen molar-refractivity contribution in [2.24, 2.45) is 0 Å². The van der Waals surface area contributed by atoms with Gasteiger partial charge in [-0.25, -0.2) is 4.79 Å². The van der Waals surface area contributed by atoms with E-state index < -0.39 is 16.6 Å². The second-order valence-electron chi connectivity index (χ2n) is 5.22. The van der Waals surface area contributed by atoms with Gasteiger partial charge in [0.05, 0.1) is 37.9 Å². The molecule has 0 aromatic heterocycles. The number of carbonyl (C=O) groups excluding carboxylic acids is 1. The number of nitro groups is 1. The standard InChI is InChI=1S/C17H25NO7/c1-5-8-23-13-11-12(18(20)21)14(17(19)22-4)16(25-10-7-3)15(13)24-9-6-2/h11H,5-10H2,1-4H3. The number of hydrogen-bond acceptors (Lipinski definition) is 7. The fourth-order valence-corrected chi connectivity index (χ4v) is 2.05. The van der Waals surface area contributed by atoms with Gasteiger partial charge in [0.2, 0.25) is 5.75 Å². The van der Waals surface area contributed by atoms with Gasteiger partial charge in [0, 0.05) is 0 Å². The lowest BCUT2D eigenvalue weighted by molar-refractivity contribution is -0.385. The first-order valence-corrected chi connectivity index (χ1v) is 8.33. The number of methoxy groups -OCH3 is 1. The summed E-state index contributed by atoms with van der Waals surface area (Å²) in [6.07, 6.45) is 2.08. The lowest BCUT2D eigenvalue weighted by Gasteiger charge is -2.18. The van der Waals surface area contributed by atoms with Crippen LogP contribution in [0.15, 0.2) is 6.07 Å². The van der Waals surface area contributed by atoms with Crippen molar-refractivity contribution in [1.82, 2.24) is 0 Å². The fraction of sp³-hybridized carbons (Fsp3) is 0.588. The van der Waals surface area contributed by atoms with E-state index in [0.717, 1.165) is 7.11 Å². The highest BCUT2D eigenvalue weighted by Gasteiger charge is 2.33. The van der Waals surface area contributed by atoms with Crippen LogP contribution in [0.4, 0.5) is 5.69 Å². The molecule has 0 saturated carbocycles. The lowest BCUT2D eigenvalue weighted by Crippen LogP contribution is -2.13. The average molecular weight is 355 g/mol. The highest BCUT2D eigenvalue weighted by molar-refractivity contribution is 5.98. The molecule has 0 aliphatic rings. The van der Waals surface area contributed by atoms with E-state index in [1.807, 2.05) is 20.8 Å². The number of hydrogen-bond donors (Lipinski definition) is 0. The third kappa shape index (κ3) is 5.23. The molecule has 0 amide bonds. The SMILES string of the molecule is CCCOc1cc([N+](=O)[O-])c(C(=O)OC)c(OCCC)c1OCCC. The smallest absolute Gasteiger partial charge is 0.348 e. The van der Waals surface area contributed by atoms with Gasteiger partial charge in [-0.3, -0.25) is 10.1 Å². The maximum atomic E-state index is 12.2. The van der Waals surface area contributed by atoms with Crippen LogP contribution in [0.1, 0.15) is 50.4 Å². The molecule has 0 bridgehead atoms. The molecule has 0 spiro atoms. The van der Waals surface area contributed by atoms with Crippen LogP contribution in [-0.4, -0.2) is 37.8 Å². The molecule has 1 aromatic rings. The molecule has 0 unspecified atom stereocenters. The van der Waals surface area contributed by atoms with E-state index in [0.29, 0.717) is 32.5 Å². The normalized spacial score (nSPS) is 10.2. The molecule has 0 heterocycles. The molecule has 0 aliphatic carbocycles. The van der Waals surface area contributed by atoms with Gasteiger partial charge in [0.15, 0.2) is 17.1 Å². The summed E-state index contributed by atoms with van der Waals surface area (Å²) in [4.78, 5) is 23.0. The first-order valence-electron chi connectivity index (χ1n) is 8.33. The monoisotopic (exact) mass is 355 g/mol. The minimum absolute atomic E-state index is 0.0116. The Morgan fingerprint density at radius 2 is 1.52 bits per heavy atom. The van der Waals surface area contributed by atoms with Gasteiger partial charge in [0.1, 0.15) is 0 Å². The van der Waals surface area contributed by atoms with E-state index in [4.69, 9.17) is 18.9 Å². The van der Waals surface area contributed by atoms with Gasteiger partial charge in [0.25, 0.3) is 5.69 Å². The van der Waals surface area contributed by atoms with E-state index in [1.54, 1.807) is 0 Å². The zero-order valence-electron chi connectivity index (χ0n) is 15.1. The van der Waals surface area contributed by atoms with Crippen LogP contribution >= 0.6 is 0 Å². The maximum Gasteiger partial charge on any atom is 0.348 e. The predicted octanol–water partition coefficient (Wildman–Crippen LogP) is 3.75. The van der Waals surface area contributed by atoms with Gasteiger partial charge in [-0.1, -0.05) is 20.8 Å². The van der Waals surface area contributed by atoms with Crippen LogP contribution in [0.2, 0.25) is 0 Å². The summed E-state index contributed by atoms with van der Waals surface area (Å²) >= 11 is 0. The number of rotatable bonds is 11. The van der Waals surface area contributed by atoms with Crippen molar-refractivity contribution < 1.29 is 28.7 Å². The first-order chi connectivity index (χ1) is 12.0. The summed E-state index contributed by atoms with van der Waals surface area (Å²) in [5.41, 5.74) is -0.705. The molecule has 1 aromatic carbocycles. The Bertz CT molecular complexity index is 601. The molecular weight excluding hydrogens is 330 g/mol. The number of carbonyl (C=O) groups is 1. The highest BCUT2D eigenvalue weighted by atomic mass is 16.6. The fourth-order valence-electron chi connectivity index (χ4n) is 2.05. The summed E-state index contributed by atoms with van der Waals surface area (Å²) in [5.74, 6) is -0.501. The van der Waals surface area contributed by atoms with E-state index in [-0.39, 0.29) is 29.4 Å². The molecule has 0 radical (unpaired) electrons. The van der Waals surface area contributed by atoms with Crippen molar-refractivity contribution in [3.8, 4) is 17.2 Å². The summed E-state index contributed by atoms with van der Waals surface area (Å²) in [7, 11) is 1.16. The van der Waals surface area contributed by atoms with Crippen LogP contribution in [0.3, 0.4) is 0 Å². The predicted molar refractivity (Wildman–Crippen MR) is 91.8 cm³/mol. The van der Waals surface area contributed by atoms with Crippen LogP contribution in [0.5, 0.6) is 17.2 Å². The van der Waals surface area contributed by atoms with E-state index in [2.05, 4.69) is 0 Å². The summed E-state index contributed by atoms with van der Waals surface area (Å²) in [6, 6.07) is 1.19. The van der Waals surface area contributed by atoms with Crippen LogP contribution in [0, 0.1) is 10.1 Å². The Morgan fingerprint density at radius 1 is 1.00 bits per heavy atom. The van der Waals surface area contributed by atoms with Crippen molar-refractivity contribution in [2.45, 2.75) is 40.0 Å². The van der Waals surface area contributed by atoms with Crippen molar-refractivity contribution in [1.29, 1.82) is 0 Å². The Morgan fingerprint density at radius 3 is 2.00 bits per heavy atom. The number of ether oxygens (including phenoxy) is 4. The molecule has 8 nitrogen and oxygen atoms in total.